The van der Waals surface area contributed by atoms with Gasteiger partial charge in [0, 0.05) is 17.0 Å². The number of hydrogen-bond donors (Lipinski definition) is 2. The highest BCUT2D eigenvalue weighted by Crippen LogP contribution is 2.27. The van der Waals surface area contributed by atoms with E-state index in [4.69, 9.17) is 17.4 Å². The molecule has 0 radical (unpaired) electrons. The van der Waals surface area contributed by atoms with Crippen molar-refractivity contribution >= 4 is 11.6 Å². The molecule has 0 heterocycles. The highest BCUT2D eigenvalue weighted by Gasteiger charge is 2.16. The van der Waals surface area contributed by atoms with Crippen molar-refractivity contribution in [3.63, 3.8) is 0 Å². The molecule has 0 amide bonds. The van der Waals surface area contributed by atoms with Gasteiger partial charge in [0.1, 0.15) is 5.82 Å². The van der Waals surface area contributed by atoms with E-state index in [2.05, 4.69) is 17.3 Å². The SMILES string of the molecule is CC#CCCC(NN)c1c(F)cccc1Cl. The molecular weight excluding hydrogens is 227 g/mol. The van der Waals surface area contributed by atoms with E-state index in [0.29, 0.717) is 23.4 Å². The van der Waals surface area contributed by atoms with Gasteiger partial charge in [-0.1, -0.05) is 17.7 Å². The van der Waals surface area contributed by atoms with E-state index in [-0.39, 0.29) is 11.9 Å². The highest BCUT2D eigenvalue weighted by atomic mass is 35.5. The summed E-state index contributed by atoms with van der Waals surface area (Å²) >= 11 is 5.94. The normalized spacial score (nSPS) is 11.8. The molecule has 3 N–H and O–H groups in total. The van der Waals surface area contributed by atoms with Gasteiger partial charge in [-0.2, -0.15) is 0 Å². The van der Waals surface area contributed by atoms with Gasteiger partial charge in [-0.3, -0.25) is 11.3 Å². The van der Waals surface area contributed by atoms with Gasteiger partial charge in [-0.25, -0.2) is 4.39 Å². The third-order valence-corrected chi connectivity index (χ3v) is 2.61. The fourth-order valence-electron chi connectivity index (χ4n) is 1.50. The number of nitrogens with one attached hydrogen (secondary N) is 1. The second-order valence-corrected chi connectivity index (χ2v) is 3.73. The summed E-state index contributed by atoms with van der Waals surface area (Å²) in [5.41, 5.74) is 2.97. The Balaban J connectivity index is 2.88. The fourth-order valence-corrected chi connectivity index (χ4v) is 1.79. The second kappa shape index (κ2) is 6.49. The standard InChI is InChI=1S/C12H14ClFN2/c1-2-3-4-8-11(16-15)12-9(13)6-5-7-10(12)14/h5-7,11,16H,4,8,15H2,1H3. The van der Waals surface area contributed by atoms with Gasteiger partial charge >= 0.3 is 0 Å². The van der Waals surface area contributed by atoms with E-state index in [9.17, 15) is 4.39 Å². The molecule has 1 rings (SSSR count). The first kappa shape index (κ1) is 13.0. The molecule has 0 saturated carbocycles. The maximum Gasteiger partial charge on any atom is 0.129 e. The molecule has 0 fully saturated rings. The molecule has 16 heavy (non-hydrogen) atoms. The zero-order valence-corrected chi connectivity index (χ0v) is 9.81. The number of halogens is 2. The minimum Gasteiger partial charge on any atom is -0.271 e. The van der Waals surface area contributed by atoms with Gasteiger partial charge in [-0.05, 0) is 25.5 Å². The summed E-state index contributed by atoms with van der Waals surface area (Å²) in [7, 11) is 0. The predicted molar refractivity (Wildman–Crippen MR) is 64.2 cm³/mol. The molecule has 0 spiro atoms. The molecule has 0 saturated heterocycles. The Morgan fingerprint density at radius 1 is 1.56 bits per heavy atom. The average molecular weight is 241 g/mol. The van der Waals surface area contributed by atoms with Crippen LogP contribution in [-0.2, 0) is 0 Å². The van der Waals surface area contributed by atoms with Crippen LogP contribution in [0.25, 0.3) is 0 Å². The van der Waals surface area contributed by atoms with E-state index in [1.807, 2.05) is 0 Å². The maximum absolute atomic E-state index is 13.6. The van der Waals surface area contributed by atoms with Gasteiger partial charge in [0.25, 0.3) is 0 Å². The van der Waals surface area contributed by atoms with Gasteiger partial charge in [-0.15, -0.1) is 11.8 Å². The van der Waals surface area contributed by atoms with Crippen molar-refractivity contribution in [1.29, 1.82) is 0 Å². The maximum atomic E-state index is 13.6. The lowest BCUT2D eigenvalue weighted by Gasteiger charge is -2.17. The number of rotatable bonds is 4. The van der Waals surface area contributed by atoms with Crippen molar-refractivity contribution in [3.05, 3.63) is 34.6 Å². The Morgan fingerprint density at radius 3 is 2.88 bits per heavy atom. The number of hydrazine groups is 1. The molecule has 1 aromatic rings. The first-order valence-corrected chi connectivity index (χ1v) is 5.38. The molecule has 86 valence electrons. The number of benzene rings is 1. The minimum absolute atomic E-state index is 0.311. The predicted octanol–water partition coefficient (Wildman–Crippen LogP) is 2.79. The van der Waals surface area contributed by atoms with E-state index in [1.165, 1.54) is 6.07 Å². The molecular formula is C12H14ClFN2. The van der Waals surface area contributed by atoms with Crippen LogP contribution in [0.5, 0.6) is 0 Å². The highest BCUT2D eigenvalue weighted by molar-refractivity contribution is 6.31. The van der Waals surface area contributed by atoms with Crippen LogP contribution in [0.15, 0.2) is 18.2 Å². The summed E-state index contributed by atoms with van der Waals surface area (Å²) in [5, 5.41) is 0.382. The monoisotopic (exact) mass is 240 g/mol. The molecule has 0 bridgehead atoms. The average Bonchev–Trinajstić information content (AvgIpc) is 2.26. The zero-order chi connectivity index (χ0) is 12.0. The summed E-state index contributed by atoms with van der Waals surface area (Å²) in [6.45, 7) is 1.76. The summed E-state index contributed by atoms with van der Waals surface area (Å²) in [4.78, 5) is 0. The fraction of sp³-hybridized carbons (Fsp3) is 0.333. The lowest BCUT2D eigenvalue weighted by Crippen LogP contribution is -2.28. The Hall–Kier alpha value is -1.08. The van der Waals surface area contributed by atoms with E-state index in [1.54, 1.807) is 19.1 Å². The second-order valence-electron chi connectivity index (χ2n) is 3.32. The van der Waals surface area contributed by atoms with Crippen molar-refractivity contribution in [2.24, 2.45) is 5.84 Å². The topological polar surface area (TPSA) is 38.0 Å². The largest absolute Gasteiger partial charge is 0.271 e. The van der Waals surface area contributed by atoms with Crippen LogP contribution >= 0.6 is 11.6 Å². The van der Waals surface area contributed by atoms with Gasteiger partial charge in [0.15, 0.2) is 0 Å². The van der Waals surface area contributed by atoms with Crippen LogP contribution in [-0.4, -0.2) is 0 Å². The van der Waals surface area contributed by atoms with E-state index >= 15 is 0 Å². The molecule has 0 aliphatic rings. The van der Waals surface area contributed by atoms with Crippen LogP contribution < -0.4 is 11.3 Å². The first-order valence-electron chi connectivity index (χ1n) is 5.00. The third kappa shape index (κ3) is 3.21. The van der Waals surface area contributed by atoms with Gasteiger partial charge in [0.2, 0.25) is 0 Å². The van der Waals surface area contributed by atoms with Crippen LogP contribution in [0.2, 0.25) is 5.02 Å². The van der Waals surface area contributed by atoms with Gasteiger partial charge < -0.3 is 0 Å². The van der Waals surface area contributed by atoms with Crippen molar-refractivity contribution < 1.29 is 4.39 Å². The van der Waals surface area contributed by atoms with E-state index < -0.39 is 0 Å². The van der Waals surface area contributed by atoms with Crippen molar-refractivity contribution in [1.82, 2.24) is 5.43 Å². The minimum atomic E-state index is -0.347. The molecule has 0 aromatic heterocycles. The Bertz CT molecular complexity index is 389. The molecule has 1 atom stereocenters. The van der Waals surface area contributed by atoms with Crippen molar-refractivity contribution in [2.75, 3.05) is 0 Å². The summed E-state index contributed by atoms with van der Waals surface area (Å²) in [6.07, 6.45) is 1.27. The van der Waals surface area contributed by atoms with Crippen molar-refractivity contribution in [2.45, 2.75) is 25.8 Å². The Morgan fingerprint density at radius 2 is 2.31 bits per heavy atom. The molecule has 0 aliphatic carbocycles. The molecule has 1 aromatic carbocycles. The summed E-state index contributed by atoms with van der Waals surface area (Å²) in [5.74, 6) is 10.7. The van der Waals surface area contributed by atoms with Crippen LogP contribution in [0.1, 0.15) is 31.4 Å². The van der Waals surface area contributed by atoms with Gasteiger partial charge in [0.05, 0.1) is 6.04 Å². The number of nitrogens with two attached hydrogens (primary N) is 1. The lowest BCUT2D eigenvalue weighted by atomic mass is 10.0. The van der Waals surface area contributed by atoms with Crippen LogP contribution in [0, 0.1) is 17.7 Å². The van der Waals surface area contributed by atoms with Crippen LogP contribution in [0.3, 0.4) is 0 Å². The molecule has 2 nitrogen and oxygen atoms in total. The molecule has 4 heteroatoms. The third-order valence-electron chi connectivity index (χ3n) is 2.28. The van der Waals surface area contributed by atoms with Crippen molar-refractivity contribution in [3.8, 4) is 11.8 Å². The Kier molecular flexibility index (Phi) is 5.27. The lowest BCUT2D eigenvalue weighted by molar-refractivity contribution is 0.491. The number of hydrogen-bond acceptors (Lipinski definition) is 2. The van der Waals surface area contributed by atoms with E-state index in [0.717, 1.165) is 0 Å². The quantitative estimate of drug-likeness (QED) is 0.483. The summed E-state index contributed by atoms with van der Waals surface area (Å²) in [6, 6.07) is 4.28. The molecule has 1 unspecified atom stereocenters. The smallest absolute Gasteiger partial charge is 0.129 e. The summed E-state index contributed by atoms with van der Waals surface area (Å²) < 4.78 is 13.6. The molecule has 0 aliphatic heterocycles. The first-order chi connectivity index (χ1) is 7.70. The Labute approximate surface area is 99.9 Å². The van der Waals surface area contributed by atoms with Crippen LogP contribution in [0.4, 0.5) is 4.39 Å². The zero-order valence-electron chi connectivity index (χ0n) is 9.06.